The van der Waals surface area contributed by atoms with Gasteiger partial charge in [-0.25, -0.2) is 0 Å². The van der Waals surface area contributed by atoms with Crippen molar-refractivity contribution in [3.05, 3.63) is 89.5 Å². The lowest BCUT2D eigenvalue weighted by atomic mass is 10.1. The van der Waals surface area contributed by atoms with Gasteiger partial charge in [-0.2, -0.15) is 0 Å². The normalized spacial score (nSPS) is 19.6. The minimum atomic E-state index is -0.0142. The molecule has 0 radical (unpaired) electrons. The standard InChI is InChI=1S/C25H25NO3/c1-2-6-18(7-3-1)16-27-20-11-13-24-25(14-20)29-21(17-28-24)15-26-23-12-10-19-8-4-5-9-22(19)23/h1-9,11,13-14,21,23,26H,10,12,15-17H2. The Balaban J connectivity index is 1.19. The van der Waals surface area contributed by atoms with E-state index in [2.05, 4.69) is 41.7 Å². The molecule has 5 rings (SSSR count). The Hall–Kier alpha value is -2.98. The average molecular weight is 387 g/mol. The molecule has 4 nitrogen and oxygen atoms in total. The van der Waals surface area contributed by atoms with Crippen LogP contribution < -0.4 is 19.5 Å². The Kier molecular flexibility index (Phi) is 5.10. The van der Waals surface area contributed by atoms with Crippen LogP contribution in [0.5, 0.6) is 17.2 Å². The van der Waals surface area contributed by atoms with Crippen molar-refractivity contribution in [2.45, 2.75) is 31.6 Å². The highest BCUT2D eigenvalue weighted by Crippen LogP contribution is 2.36. The van der Waals surface area contributed by atoms with Crippen LogP contribution in [0.2, 0.25) is 0 Å². The predicted octanol–water partition coefficient (Wildman–Crippen LogP) is 4.68. The molecule has 2 aliphatic rings. The van der Waals surface area contributed by atoms with E-state index in [-0.39, 0.29) is 6.10 Å². The summed E-state index contributed by atoms with van der Waals surface area (Å²) in [5, 5.41) is 3.66. The summed E-state index contributed by atoms with van der Waals surface area (Å²) < 4.78 is 18.0. The molecule has 0 amide bonds. The second kappa shape index (κ2) is 8.18. The lowest BCUT2D eigenvalue weighted by Gasteiger charge is -2.28. The number of benzene rings is 3. The van der Waals surface area contributed by atoms with Gasteiger partial charge in [-0.3, -0.25) is 0 Å². The largest absolute Gasteiger partial charge is 0.489 e. The molecule has 1 aliphatic carbocycles. The summed E-state index contributed by atoms with van der Waals surface area (Å²) in [4.78, 5) is 0. The molecule has 1 N–H and O–H groups in total. The summed E-state index contributed by atoms with van der Waals surface area (Å²) in [6.07, 6.45) is 2.27. The maximum absolute atomic E-state index is 6.20. The molecule has 0 fully saturated rings. The van der Waals surface area contributed by atoms with Crippen molar-refractivity contribution in [3.8, 4) is 17.2 Å². The first-order chi connectivity index (χ1) is 14.3. The van der Waals surface area contributed by atoms with Gasteiger partial charge in [0.05, 0.1) is 0 Å². The van der Waals surface area contributed by atoms with E-state index >= 15 is 0 Å². The zero-order valence-electron chi connectivity index (χ0n) is 16.3. The molecule has 2 unspecified atom stereocenters. The Morgan fingerprint density at radius 2 is 1.79 bits per heavy atom. The number of aryl methyl sites for hydroxylation is 1. The van der Waals surface area contributed by atoms with E-state index < -0.39 is 0 Å². The molecule has 0 bridgehead atoms. The molecule has 1 aliphatic heterocycles. The first-order valence-electron chi connectivity index (χ1n) is 10.3. The van der Waals surface area contributed by atoms with E-state index in [1.54, 1.807) is 0 Å². The minimum absolute atomic E-state index is 0.0142. The Morgan fingerprint density at radius 1 is 0.931 bits per heavy atom. The Bertz CT molecular complexity index is 973. The summed E-state index contributed by atoms with van der Waals surface area (Å²) in [5.74, 6) is 2.31. The third-order valence-electron chi connectivity index (χ3n) is 5.61. The summed E-state index contributed by atoms with van der Waals surface area (Å²) in [5.41, 5.74) is 4.01. The number of nitrogens with one attached hydrogen (secondary N) is 1. The summed E-state index contributed by atoms with van der Waals surface area (Å²) in [7, 11) is 0. The molecule has 2 atom stereocenters. The molecule has 0 spiro atoms. The Labute approximate surface area is 171 Å². The van der Waals surface area contributed by atoms with Gasteiger partial charge in [0, 0.05) is 18.7 Å². The first-order valence-corrected chi connectivity index (χ1v) is 10.3. The number of hydrogen-bond acceptors (Lipinski definition) is 4. The third kappa shape index (κ3) is 4.08. The fourth-order valence-electron chi connectivity index (χ4n) is 4.07. The molecule has 29 heavy (non-hydrogen) atoms. The number of rotatable bonds is 6. The Morgan fingerprint density at radius 3 is 2.72 bits per heavy atom. The number of ether oxygens (including phenoxy) is 3. The molecule has 0 saturated carbocycles. The second-order valence-electron chi connectivity index (χ2n) is 7.63. The lowest BCUT2D eigenvalue weighted by Crippen LogP contribution is -2.39. The van der Waals surface area contributed by atoms with Gasteiger partial charge in [-0.1, -0.05) is 54.6 Å². The van der Waals surface area contributed by atoms with E-state index in [1.807, 2.05) is 36.4 Å². The first kappa shape index (κ1) is 18.1. The number of hydrogen-bond donors (Lipinski definition) is 1. The van der Waals surface area contributed by atoms with Crippen molar-refractivity contribution in [1.82, 2.24) is 5.32 Å². The van der Waals surface area contributed by atoms with Crippen molar-refractivity contribution in [2.24, 2.45) is 0 Å². The van der Waals surface area contributed by atoms with Gasteiger partial charge in [-0.05, 0) is 41.7 Å². The molecule has 3 aromatic carbocycles. The van der Waals surface area contributed by atoms with Crippen LogP contribution in [0.15, 0.2) is 72.8 Å². The molecule has 0 saturated heterocycles. The van der Waals surface area contributed by atoms with Crippen LogP contribution in [-0.4, -0.2) is 19.3 Å². The van der Waals surface area contributed by atoms with E-state index in [4.69, 9.17) is 14.2 Å². The fourth-order valence-corrected chi connectivity index (χ4v) is 4.07. The molecule has 4 heteroatoms. The maximum atomic E-state index is 6.20. The van der Waals surface area contributed by atoms with E-state index in [1.165, 1.54) is 11.1 Å². The average Bonchev–Trinajstić information content (AvgIpc) is 3.20. The van der Waals surface area contributed by atoms with Crippen LogP contribution in [-0.2, 0) is 13.0 Å². The van der Waals surface area contributed by atoms with Gasteiger partial charge in [-0.15, -0.1) is 0 Å². The van der Waals surface area contributed by atoms with Gasteiger partial charge in [0.25, 0.3) is 0 Å². The highest BCUT2D eigenvalue weighted by Gasteiger charge is 2.25. The van der Waals surface area contributed by atoms with Crippen LogP contribution >= 0.6 is 0 Å². The number of fused-ring (bicyclic) bond motifs is 2. The van der Waals surface area contributed by atoms with Gasteiger partial charge in [0.15, 0.2) is 11.5 Å². The van der Waals surface area contributed by atoms with Crippen LogP contribution in [0.1, 0.15) is 29.2 Å². The van der Waals surface area contributed by atoms with Crippen molar-refractivity contribution in [1.29, 1.82) is 0 Å². The smallest absolute Gasteiger partial charge is 0.165 e. The predicted molar refractivity (Wildman–Crippen MR) is 113 cm³/mol. The molecule has 1 heterocycles. The van der Waals surface area contributed by atoms with Crippen LogP contribution in [0.4, 0.5) is 0 Å². The zero-order chi connectivity index (χ0) is 19.5. The van der Waals surface area contributed by atoms with E-state index in [0.717, 1.165) is 42.2 Å². The molecule has 3 aromatic rings. The molecule has 0 aromatic heterocycles. The van der Waals surface area contributed by atoms with Crippen molar-refractivity contribution >= 4 is 0 Å². The highest BCUT2D eigenvalue weighted by molar-refractivity contribution is 5.46. The fraction of sp³-hybridized carbons (Fsp3) is 0.280. The highest BCUT2D eigenvalue weighted by atomic mass is 16.6. The van der Waals surface area contributed by atoms with Gasteiger partial charge in [0.2, 0.25) is 0 Å². The second-order valence-corrected chi connectivity index (χ2v) is 7.63. The van der Waals surface area contributed by atoms with Crippen LogP contribution in [0, 0.1) is 0 Å². The zero-order valence-corrected chi connectivity index (χ0v) is 16.3. The molecular formula is C25H25NO3. The quantitative estimate of drug-likeness (QED) is 0.667. The van der Waals surface area contributed by atoms with Crippen molar-refractivity contribution in [3.63, 3.8) is 0 Å². The molecular weight excluding hydrogens is 362 g/mol. The summed E-state index contributed by atoms with van der Waals surface area (Å²) >= 11 is 0. The van der Waals surface area contributed by atoms with Crippen molar-refractivity contribution < 1.29 is 14.2 Å². The summed E-state index contributed by atoms with van der Waals surface area (Å²) in [6.45, 7) is 1.85. The van der Waals surface area contributed by atoms with Gasteiger partial charge in [0.1, 0.15) is 25.1 Å². The maximum Gasteiger partial charge on any atom is 0.165 e. The van der Waals surface area contributed by atoms with Gasteiger partial charge >= 0.3 is 0 Å². The SMILES string of the molecule is c1ccc(COc2ccc3c(c2)OC(CNC2CCc4ccccc42)CO3)cc1. The minimum Gasteiger partial charge on any atom is -0.489 e. The van der Waals surface area contributed by atoms with E-state index in [0.29, 0.717) is 19.3 Å². The summed E-state index contributed by atoms with van der Waals surface area (Å²) in [6, 6.07) is 25.0. The third-order valence-corrected chi connectivity index (χ3v) is 5.61. The van der Waals surface area contributed by atoms with Crippen LogP contribution in [0.25, 0.3) is 0 Å². The topological polar surface area (TPSA) is 39.7 Å². The van der Waals surface area contributed by atoms with E-state index in [9.17, 15) is 0 Å². The monoisotopic (exact) mass is 387 g/mol. The lowest BCUT2D eigenvalue weighted by molar-refractivity contribution is 0.0875. The van der Waals surface area contributed by atoms with Crippen molar-refractivity contribution in [2.75, 3.05) is 13.2 Å². The molecule has 148 valence electrons. The van der Waals surface area contributed by atoms with Crippen LogP contribution in [0.3, 0.4) is 0 Å². The van der Waals surface area contributed by atoms with Gasteiger partial charge < -0.3 is 19.5 Å².